The molecule has 0 aliphatic heterocycles. The summed E-state index contributed by atoms with van der Waals surface area (Å²) in [6.07, 6.45) is 0. The Balaban J connectivity index is 0.968. The van der Waals surface area contributed by atoms with Gasteiger partial charge in [-0.05, 0) is 131 Å². The van der Waals surface area contributed by atoms with Crippen molar-refractivity contribution in [2.24, 2.45) is 0 Å². The van der Waals surface area contributed by atoms with Crippen molar-refractivity contribution in [3.05, 3.63) is 230 Å². The molecule has 0 aliphatic carbocycles. The van der Waals surface area contributed by atoms with Crippen LogP contribution in [0, 0.1) is 13.8 Å². The number of aromatic nitrogens is 1. The van der Waals surface area contributed by atoms with E-state index in [1.165, 1.54) is 77.4 Å². The molecule has 2 nitrogen and oxygen atoms in total. The highest BCUT2D eigenvalue weighted by Crippen LogP contribution is 2.39. The summed E-state index contributed by atoms with van der Waals surface area (Å²) in [5, 5.41) is 2.59. The highest BCUT2D eigenvalue weighted by Gasteiger charge is 2.16. The van der Waals surface area contributed by atoms with Gasteiger partial charge in [-0.3, -0.25) is 0 Å². The van der Waals surface area contributed by atoms with Crippen molar-refractivity contribution in [1.82, 2.24) is 4.57 Å². The summed E-state index contributed by atoms with van der Waals surface area (Å²) in [5.74, 6) is 0. The van der Waals surface area contributed by atoms with Gasteiger partial charge >= 0.3 is 0 Å². The minimum absolute atomic E-state index is 1.10. The molecule has 0 bridgehead atoms. The molecule has 58 heavy (non-hydrogen) atoms. The molecule has 1 aromatic heterocycles. The first kappa shape index (κ1) is 35.0. The first-order valence-corrected chi connectivity index (χ1v) is 20.0. The molecule has 1 heterocycles. The quantitative estimate of drug-likeness (QED) is 0.150. The topological polar surface area (TPSA) is 8.17 Å². The summed E-state index contributed by atoms with van der Waals surface area (Å²) >= 11 is 0. The van der Waals surface area contributed by atoms with Gasteiger partial charge in [0, 0.05) is 33.5 Å². The van der Waals surface area contributed by atoms with Crippen molar-refractivity contribution >= 4 is 38.9 Å². The first-order valence-electron chi connectivity index (χ1n) is 20.0. The van der Waals surface area contributed by atoms with Crippen LogP contribution in [0.25, 0.3) is 72.0 Å². The van der Waals surface area contributed by atoms with E-state index in [1.54, 1.807) is 0 Å². The molecular formula is C56H42N2. The molecule has 0 atom stereocenters. The van der Waals surface area contributed by atoms with Crippen molar-refractivity contribution in [2.75, 3.05) is 4.90 Å². The second-order valence-electron chi connectivity index (χ2n) is 15.2. The number of aryl methyl sites for hydroxylation is 2. The Kier molecular flexibility index (Phi) is 9.01. The van der Waals surface area contributed by atoms with Crippen LogP contribution in [0.5, 0.6) is 0 Å². The molecule has 0 N–H and O–H groups in total. The third-order valence-corrected chi connectivity index (χ3v) is 11.3. The van der Waals surface area contributed by atoms with E-state index >= 15 is 0 Å². The van der Waals surface area contributed by atoms with Gasteiger partial charge in [-0.1, -0.05) is 157 Å². The van der Waals surface area contributed by atoms with Gasteiger partial charge in [0.25, 0.3) is 0 Å². The Labute approximate surface area is 340 Å². The van der Waals surface area contributed by atoms with E-state index in [4.69, 9.17) is 0 Å². The lowest BCUT2D eigenvalue weighted by atomic mass is 10.00. The highest BCUT2D eigenvalue weighted by molar-refractivity contribution is 6.09. The van der Waals surface area contributed by atoms with Crippen LogP contribution in [0.2, 0.25) is 0 Å². The van der Waals surface area contributed by atoms with Crippen LogP contribution in [-0.2, 0) is 0 Å². The summed E-state index contributed by atoms with van der Waals surface area (Å²) in [6.45, 7) is 4.34. The molecule has 10 rings (SSSR count). The van der Waals surface area contributed by atoms with Crippen molar-refractivity contribution in [1.29, 1.82) is 0 Å². The number of fused-ring (bicyclic) bond motifs is 3. The fourth-order valence-electron chi connectivity index (χ4n) is 8.30. The van der Waals surface area contributed by atoms with E-state index in [2.05, 4.69) is 242 Å². The van der Waals surface area contributed by atoms with Gasteiger partial charge in [0.15, 0.2) is 0 Å². The highest BCUT2D eigenvalue weighted by atomic mass is 15.1. The number of rotatable bonds is 8. The predicted octanol–water partition coefficient (Wildman–Crippen LogP) is 15.5. The second kappa shape index (κ2) is 14.9. The molecule has 0 unspecified atom stereocenters. The van der Waals surface area contributed by atoms with Crippen LogP contribution < -0.4 is 4.90 Å². The zero-order chi connectivity index (χ0) is 39.0. The maximum Gasteiger partial charge on any atom is 0.0541 e. The number of benzene rings is 9. The Morgan fingerprint density at radius 3 is 0.931 bits per heavy atom. The van der Waals surface area contributed by atoms with E-state index in [-0.39, 0.29) is 0 Å². The van der Waals surface area contributed by atoms with Crippen LogP contribution >= 0.6 is 0 Å². The van der Waals surface area contributed by atoms with E-state index in [1.807, 2.05) is 0 Å². The zero-order valence-electron chi connectivity index (χ0n) is 32.7. The molecule has 0 amide bonds. The largest absolute Gasteiger partial charge is 0.311 e. The van der Waals surface area contributed by atoms with Crippen LogP contribution in [0.4, 0.5) is 17.1 Å². The van der Waals surface area contributed by atoms with Gasteiger partial charge in [0.05, 0.1) is 11.0 Å². The van der Waals surface area contributed by atoms with Crippen molar-refractivity contribution in [2.45, 2.75) is 13.8 Å². The lowest BCUT2D eigenvalue weighted by Gasteiger charge is -2.26. The Hall–Kier alpha value is -7.42. The van der Waals surface area contributed by atoms with E-state index in [0.717, 1.165) is 22.7 Å². The van der Waals surface area contributed by atoms with Gasteiger partial charge < -0.3 is 9.47 Å². The van der Waals surface area contributed by atoms with E-state index in [9.17, 15) is 0 Å². The molecular weight excluding hydrogens is 701 g/mol. The maximum absolute atomic E-state index is 2.39. The van der Waals surface area contributed by atoms with Crippen LogP contribution in [-0.4, -0.2) is 4.57 Å². The standard InChI is InChI=1S/C56H42N2/c1-39-13-35-55-53(37-39)54-38-40(2)14-36-56(54)58(55)52-33-25-48(26-34-52)47-23-31-51(32-24-47)57(49-27-19-45(20-28-49)42-11-7-4-8-12-42)50-29-21-46(22-30-50)44-17-15-43(16-18-44)41-9-5-3-6-10-41/h3-38H,1-2H3. The minimum Gasteiger partial charge on any atom is -0.311 e. The average Bonchev–Trinajstić information content (AvgIpc) is 3.60. The van der Waals surface area contributed by atoms with Crippen LogP contribution in [0.3, 0.4) is 0 Å². The third kappa shape index (κ3) is 6.65. The van der Waals surface area contributed by atoms with Gasteiger partial charge in [-0.2, -0.15) is 0 Å². The predicted molar refractivity (Wildman–Crippen MR) is 247 cm³/mol. The van der Waals surface area contributed by atoms with Crippen molar-refractivity contribution in [3.63, 3.8) is 0 Å². The lowest BCUT2D eigenvalue weighted by molar-refractivity contribution is 1.18. The maximum atomic E-state index is 2.39. The molecule has 0 fully saturated rings. The molecule has 10 aromatic rings. The van der Waals surface area contributed by atoms with E-state index < -0.39 is 0 Å². The summed E-state index contributed by atoms with van der Waals surface area (Å²) in [6, 6.07) is 79.3. The van der Waals surface area contributed by atoms with Crippen LogP contribution in [0.15, 0.2) is 218 Å². The first-order chi connectivity index (χ1) is 28.6. The molecule has 0 saturated carbocycles. The number of nitrogens with zero attached hydrogens (tertiary/aromatic N) is 2. The monoisotopic (exact) mass is 742 g/mol. The molecule has 0 spiro atoms. The number of hydrogen-bond donors (Lipinski definition) is 0. The Morgan fingerprint density at radius 2 is 0.586 bits per heavy atom. The zero-order valence-corrected chi connectivity index (χ0v) is 32.7. The molecule has 9 aromatic carbocycles. The van der Waals surface area contributed by atoms with Gasteiger partial charge in [0.2, 0.25) is 0 Å². The SMILES string of the molecule is Cc1ccc2c(c1)c1cc(C)ccc1n2-c1ccc(-c2ccc(N(c3ccc(-c4ccccc4)cc3)c3ccc(-c4ccc(-c5ccccc5)cc4)cc3)cc2)cc1. The molecule has 0 aliphatic rings. The van der Waals surface area contributed by atoms with Gasteiger partial charge in [-0.15, -0.1) is 0 Å². The second-order valence-corrected chi connectivity index (χ2v) is 15.2. The fraction of sp³-hybridized carbons (Fsp3) is 0.0357. The molecule has 0 saturated heterocycles. The van der Waals surface area contributed by atoms with Crippen molar-refractivity contribution in [3.8, 4) is 50.2 Å². The smallest absolute Gasteiger partial charge is 0.0541 e. The molecule has 0 radical (unpaired) electrons. The summed E-state index contributed by atoms with van der Waals surface area (Å²) in [7, 11) is 0. The number of anilines is 3. The summed E-state index contributed by atoms with van der Waals surface area (Å²) in [5.41, 5.74) is 19.1. The molecule has 2 heteroatoms. The van der Waals surface area contributed by atoms with Crippen molar-refractivity contribution < 1.29 is 0 Å². The van der Waals surface area contributed by atoms with Gasteiger partial charge in [-0.25, -0.2) is 0 Å². The third-order valence-electron chi connectivity index (χ3n) is 11.3. The normalized spacial score (nSPS) is 11.3. The molecule has 276 valence electrons. The average molecular weight is 743 g/mol. The minimum atomic E-state index is 1.10. The Bertz CT molecular complexity index is 2940. The lowest BCUT2D eigenvalue weighted by Crippen LogP contribution is -2.09. The fourth-order valence-corrected chi connectivity index (χ4v) is 8.30. The van der Waals surface area contributed by atoms with Crippen LogP contribution in [0.1, 0.15) is 11.1 Å². The Morgan fingerprint density at radius 1 is 0.293 bits per heavy atom. The van der Waals surface area contributed by atoms with Gasteiger partial charge in [0.1, 0.15) is 0 Å². The summed E-state index contributed by atoms with van der Waals surface area (Å²) in [4.78, 5) is 2.34. The summed E-state index contributed by atoms with van der Waals surface area (Å²) < 4.78 is 2.39. The number of hydrogen-bond acceptors (Lipinski definition) is 1. The van der Waals surface area contributed by atoms with E-state index in [0.29, 0.717) is 0 Å².